The van der Waals surface area contributed by atoms with Gasteiger partial charge in [-0.1, -0.05) is 74.8 Å². The van der Waals surface area contributed by atoms with E-state index in [9.17, 15) is 0 Å². The van der Waals surface area contributed by atoms with Gasteiger partial charge in [0.1, 0.15) is 0 Å². The Morgan fingerprint density at radius 3 is 2.18 bits per heavy atom. The Kier molecular flexibility index (Phi) is 6.74. The summed E-state index contributed by atoms with van der Waals surface area (Å²) >= 11 is 6.05. The van der Waals surface area contributed by atoms with Crippen LogP contribution in [0.4, 0.5) is 0 Å². The van der Waals surface area contributed by atoms with Crippen LogP contribution in [0.1, 0.15) is 60.3 Å². The van der Waals surface area contributed by atoms with Crippen LogP contribution in [0.3, 0.4) is 0 Å². The lowest BCUT2D eigenvalue weighted by Gasteiger charge is -2.07. The van der Waals surface area contributed by atoms with Crippen LogP contribution in [0.2, 0.25) is 5.02 Å². The lowest BCUT2D eigenvalue weighted by atomic mass is 9.98. The highest BCUT2D eigenvalue weighted by atomic mass is 35.5. The first-order valence-corrected chi connectivity index (χ1v) is 10.5. The Bertz CT molecular complexity index is 934. The molecule has 0 aliphatic heterocycles. The molecule has 1 heterocycles. The zero-order valence-electron chi connectivity index (χ0n) is 17.1. The van der Waals surface area contributed by atoms with Gasteiger partial charge >= 0.3 is 0 Å². The minimum Gasteiger partial charge on any atom is -0.265 e. The van der Waals surface area contributed by atoms with E-state index in [1.54, 1.807) is 0 Å². The van der Waals surface area contributed by atoms with Crippen LogP contribution in [-0.2, 0) is 19.4 Å². The molecule has 0 amide bonds. The second kappa shape index (κ2) is 9.25. The van der Waals surface area contributed by atoms with Crippen molar-refractivity contribution in [3.8, 4) is 0 Å². The molecule has 2 aromatic carbocycles. The van der Waals surface area contributed by atoms with Crippen LogP contribution in [0.5, 0.6) is 0 Å². The fourth-order valence-electron chi connectivity index (χ4n) is 3.51. The number of allylic oxidation sites excluding steroid dienone is 1. The van der Waals surface area contributed by atoms with Crippen molar-refractivity contribution in [3.05, 3.63) is 93.8 Å². The van der Waals surface area contributed by atoms with Crippen LogP contribution in [0.15, 0.2) is 55.1 Å². The molecule has 0 bridgehead atoms. The molecule has 3 rings (SSSR count). The predicted octanol–water partition coefficient (Wildman–Crippen LogP) is 6.86. The van der Waals surface area contributed by atoms with Gasteiger partial charge in [0.2, 0.25) is 0 Å². The molecule has 0 aliphatic rings. The maximum absolute atomic E-state index is 6.05. The zero-order chi connectivity index (χ0) is 20.1. The van der Waals surface area contributed by atoms with E-state index in [-0.39, 0.29) is 0 Å². The van der Waals surface area contributed by atoms with Crippen LogP contribution in [-0.4, -0.2) is 9.78 Å². The highest BCUT2D eigenvalue weighted by Gasteiger charge is 2.17. The van der Waals surface area contributed by atoms with E-state index < -0.39 is 0 Å². The summed E-state index contributed by atoms with van der Waals surface area (Å²) in [6.07, 6.45) is 3.95. The standard InChI is InChI=1S/C25H29ClN2/c1-5-7-18(3)25-24(16-21-12-14-23(26)15-13-21)19(4)28(27-25)17-22-10-8-20(6-2)9-11-22/h8-15H,3,5-7,16-17H2,1-2,4H3. The van der Waals surface area contributed by atoms with Crippen LogP contribution >= 0.6 is 11.6 Å². The molecule has 0 unspecified atom stereocenters. The molecule has 0 atom stereocenters. The fourth-order valence-corrected chi connectivity index (χ4v) is 3.64. The highest BCUT2D eigenvalue weighted by molar-refractivity contribution is 6.30. The van der Waals surface area contributed by atoms with Gasteiger partial charge in [-0.05, 0) is 54.2 Å². The molecule has 0 radical (unpaired) electrons. The SMILES string of the molecule is C=C(CCC)c1nn(Cc2ccc(CC)cc2)c(C)c1Cc1ccc(Cl)cc1. The summed E-state index contributed by atoms with van der Waals surface area (Å²) < 4.78 is 2.13. The highest BCUT2D eigenvalue weighted by Crippen LogP contribution is 2.27. The number of hydrogen-bond acceptors (Lipinski definition) is 1. The van der Waals surface area contributed by atoms with Crippen LogP contribution in [0.25, 0.3) is 5.57 Å². The minimum absolute atomic E-state index is 0.766. The Morgan fingerprint density at radius 2 is 1.57 bits per heavy atom. The topological polar surface area (TPSA) is 17.8 Å². The van der Waals surface area contributed by atoms with Crippen molar-refractivity contribution in [1.82, 2.24) is 9.78 Å². The number of aromatic nitrogens is 2. The molecule has 0 aliphatic carbocycles. The first kappa shape index (κ1) is 20.4. The lowest BCUT2D eigenvalue weighted by molar-refractivity contribution is 0.660. The molecule has 28 heavy (non-hydrogen) atoms. The largest absolute Gasteiger partial charge is 0.265 e. The quantitative estimate of drug-likeness (QED) is 0.409. The van der Waals surface area contributed by atoms with Crippen molar-refractivity contribution in [2.24, 2.45) is 0 Å². The minimum atomic E-state index is 0.766. The number of benzene rings is 2. The molecule has 2 nitrogen and oxygen atoms in total. The summed E-state index contributed by atoms with van der Waals surface area (Å²) in [6.45, 7) is 11.6. The van der Waals surface area contributed by atoms with Gasteiger partial charge in [0.15, 0.2) is 0 Å². The third-order valence-corrected chi connectivity index (χ3v) is 5.53. The normalized spacial score (nSPS) is 11.0. The Balaban J connectivity index is 1.94. The maximum atomic E-state index is 6.05. The van der Waals surface area contributed by atoms with Crippen molar-refractivity contribution in [3.63, 3.8) is 0 Å². The zero-order valence-corrected chi connectivity index (χ0v) is 17.9. The smallest absolute Gasteiger partial charge is 0.0915 e. The summed E-state index contributed by atoms with van der Waals surface area (Å²) in [7, 11) is 0. The predicted molar refractivity (Wildman–Crippen MR) is 120 cm³/mol. The van der Waals surface area contributed by atoms with Crippen molar-refractivity contribution in [2.75, 3.05) is 0 Å². The van der Waals surface area contributed by atoms with Crippen LogP contribution < -0.4 is 0 Å². The Labute approximate surface area is 173 Å². The Hall–Kier alpha value is -2.32. The number of hydrogen-bond donors (Lipinski definition) is 0. The summed E-state index contributed by atoms with van der Waals surface area (Å²) in [5, 5.41) is 5.74. The molecule has 0 saturated heterocycles. The van der Waals surface area contributed by atoms with E-state index in [2.05, 4.69) is 68.4 Å². The lowest BCUT2D eigenvalue weighted by Crippen LogP contribution is -2.04. The first-order valence-electron chi connectivity index (χ1n) is 10.1. The van der Waals surface area contributed by atoms with E-state index in [4.69, 9.17) is 16.7 Å². The third-order valence-electron chi connectivity index (χ3n) is 5.27. The molecular formula is C25H29ClN2. The van der Waals surface area contributed by atoms with Gasteiger partial charge in [-0.3, -0.25) is 4.68 Å². The van der Waals surface area contributed by atoms with Gasteiger partial charge in [0, 0.05) is 22.7 Å². The first-order chi connectivity index (χ1) is 13.5. The van der Waals surface area contributed by atoms with E-state index >= 15 is 0 Å². The summed E-state index contributed by atoms with van der Waals surface area (Å²) in [5.74, 6) is 0. The molecule has 0 fully saturated rings. The van der Waals surface area contributed by atoms with Gasteiger partial charge in [-0.15, -0.1) is 0 Å². The van der Waals surface area contributed by atoms with Crippen molar-refractivity contribution >= 4 is 17.2 Å². The summed E-state index contributed by atoms with van der Waals surface area (Å²) in [5.41, 5.74) is 8.53. The van der Waals surface area contributed by atoms with E-state index in [1.807, 2.05) is 12.1 Å². The summed E-state index contributed by atoms with van der Waals surface area (Å²) in [6, 6.07) is 16.9. The molecule has 0 spiro atoms. The number of aryl methyl sites for hydroxylation is 1. The fraction of sp³-hybridized carbons (Fsp3) is 0.320. The summed E-state index contributed by atoms with van der Waals surface area (Å²) in [4.78, 5) is 0. The van der Waals surface area contributed by atoms with Gasteiger partial charge < -0.3 is 0 Å². The third kappa shape index (κ3) is 4.74. The van der Waals surface area contributed by atoms with Crippen molar-refractivity contribution in [2.45, 2.75) is 53.0 Å². The van der Waals surface area contributed by atoms with E-state index in [0.717, 1.165) is 48.5 Å². The number of nitrogens with zero attached hydrogens (tertiary/aromatic N) is 2. The second-order valence-electron chi connectivity index (χ2n) is 7.40. The van der Waals surface area contributed by atoms with Gasteiger partial charge in [-0.25, -0.2) is 0 Å². The van der Waals surface area contributed by atoms with Gasteiger partial charge in [0.05, 0.1) is 12.2 Å². The molecule has 3 heteroatoms. The van der Waals surface area contributed by atoms with Crippen molar-refractivity contribution in [1.29, 1.82) is 0 Å². The molecule has 146 valence electrons. The monoisotopic (exact) mass is 392 g/mol. The van der Waals surface area contributed by atoms with E-state index in [1.165, 1.54) is 27.9 Å². The molecule has 0 N–H and O–H groups in total. The van der Waals surface area contributed by atoms with Crippen molar-refractivity contribution < 1.29 is 0 Å². The van der Waals surface area contributed by atoms with Gasteiger partial charge in [-0.2, -0.15) is 5.10 Å². The molecular weight excluding hydrogens is 364 g/mol. The maximum Gasteiger partial charge on any atom is 0.0915 e. The Morgan fingerprint density at radius 1 is 0.964 bits per heavy atom. The van der Waals surface area contributed by atoms with E-state index in [0.29, 0.717) is 0 Å². The number of halogens is 1. The van der Waals surface area contributed by atoms with Crippen LogP contribution in [0, 0.1) is 6.92 Å². The molecule has 3 aromatic rings. The number of rotatable bonds is 8. The molecule has 1 aromatic heterocycles. The molecule has 0 saturated carbocycles. The average Bonchev–Trinajstić information content (AvgIpc) is 3.00. The van der Waals surface area contributed by atoms with Gasteiger partial charge in [0.25, 0.3) is 0 Å². The second-order valence-corrected chi connectivity index (χ2v) is 7.83. The average molecular weight is 393 g/mol.